The quantitative estimate of drug-likeness (QED) is 0.293. The van der Waals surface area contributed by atoms with E-state index in [-0.39, 0.29) is 21.8 Å². The summed E-state index contributed by atoms with van der Waals surface area (Å²) in [6.45, 7) is 6.78. The van der Waals surface area contributed by atoms with E-state index in [0.29, 0.717) is 18.0 Å². The zero-order valence-electron chi connectivity index (χ0n) is 21.6. The summed E-state index contributed by atoms with van der Waals surface area (Å²) in [7, 11) is 3.22. The number of rotatable bonds is 5. The molecule has 0 spiro atoms. The maximum atomic E-state index is 13.7. The Bertz CT molecular complexity index is 1500. The van der Waals surface area contributed by atoms with Crippen molar-refractivity contribution in [2.75, 3.05) is 14.2 Å². The van der Waals surface area contributed by atoms with Crippen LogP contribution in [0.25, 0.3) is 11.3 Å². The van der Waals surface area contributed by atoms with Crippen LogP contribution in [0.4, 0.5) is 0 Å². The predicted molar refractivity (Wildman–Crippen MR) is 149 cm³/mol. The van der Waals surface area contributed by atoms with E-state index in [4.69, 9.17) is 21.1 Å². The van der Waals surface area contributed by atoms with Gasteiger partial charge in [0.05, 0.1) is 26.5 Å². The van der Waals surface area contributed by atoms with Gasteiger partial charge in [0, 0.05) is 11.1 Å². The standard InChI is InChI=1S/C31H29ClN2O3/c1-31(2,3)24-13-6-21(7-14-24)10-19-27-30(35)34(20-22-8-15-25(36-4)16-9-22)28(29(32)33-27)23-11-17-26(37-5)18-12-23/h6-9,11-18H,20H2,1-5H3. The minimum absolute atomic E-state index is 0.0491. The summed E-state index contributed by atoms with van der Waals surface area (Å²) in [5.74, 6) is 7.47. The molecular weight excluding hydrogens is 484 g/mol. The highest BCUT2D eigenvalue weighted by Gasteiger charge is 2.17. The molecule has 0 aliphatic rings. The summed E-state index contributed by atoms with van der Waals surface area (Å²) in [4.78, 5) is 18.1. The fraction of sp³-hybridized carbons (Fsp3) is 0.226. The number of aromatic nitrogens is 2. The third-order valence-corrected chi connectivity index (χ3v) is 6.33. The van der Waals surface area contributed by atoms with Crippen LogP contribution in [-0.4, -0.2) is 23.8 Å². The number of methoxy groups -OCH3 is 2. The van der Waals surface area contributed by atoms with E-state index in [9.17, 15) is 4.79 Å². The van der Waals surface area contributed by atoms with Crippen LogP contribution in [0, 0.1) is 11.8 Å². The lowest BCUT2D eigenvalue weighted by Gasteiger charge is -2.18. The Morgan fingerprint density at radius 2 is 1.41 bits per heavy atom. The summed E-state index contributed by atoms with van der Waals surface area (Å²) in [6, 6.07) is 22.9. The van der Waals surface area contributed by atoms with Gasteiger partial charge in [0.2, 0.25) is 0 Å². The summed E-state index contributed by atoms with van der Waals surface area (Å²) >= 11 is 6.69. The normalized spacial score (nSPS) is 11.0. The van der Waals surface area contributed by atoms with Gasteiger partial charge >= 0.3 is 0 Å². The molecule has 1 heterocycles. The Morgan fingerprint density at radius 3 is 1.95 bits per heavy atom. The minimum atomic E-state index is -0.315. The Kier molecular flexibility index (Phi) is 7.71. The molecule has 6 heteroatoms. The molecule has 0 amide bonds. The number of ether oxygens (including phenoxy) is 2. The van der Waals surface area contributed by atoms with Crippen molar-refractivity contribution < 1.29 is 9.47 Å². The SMILES string of the molecule is COc1ccc(Cn2c(-c3ccc(OC)cc3)c(Cl)nc(C#Cc3ccc(C(C)(C)C)cc3)c2=O)cc1. The molecule has 3 aromatic carbocycles. The van der Waals surface area contributed by atoms with Crippen LogP contribution in [0.3, 0.4) is 0 Å². The van der Waals surface area contributed by atoms with Crippen molar-refractivity contribution in [1.29, 1.82) is 0 Å². The molecule has 0 bridgehead atoms. The second-order valence-corrected chi connectivity index (χ2v) is 10.0. The van der Waals surface area contributed by atoms with E-state index in [0.717, 1.165) is 22.4 Å². The molecule has 0 saturated carbocycles. The molecule has 4 rings (SSSR count). The van der Waals surface area contributed by atoms with E-state index < -0.39 is 0 Å². The number of nitrogens with zero attached hydrogens (tertiary/aromatic N) is 2. The van der Waals surface area contributed by atoms with Gasteiger partial charge in [-0.1, -0.05) is 62.6 Å². The summed E-state index contributed by atoms with van der Waals surface area (Å²) in [5.41, 5.74) is 4.02. The minimum Gasteiger partial charge on any atom is -0.497 e. The Hall–Kier alpha value is -4.01. The second kappa shape index (κ2) is 10.9. The summed E-state index contributed by atoms with van der Waals surface area (Å²) < 4.78 is 12.2. The van der Waals surface area contributed by atoms with Crippen molar-refractivity contribution in [2.24, 2.45) is 0 Å². The molecule has 0 radical (unpaired) electrons. The molecule has 4 aromatic rings. The first kappa shape index (κ1) is 26.1. The topological polar surface area (TPSA) is 53.4 Å². The van der Waals surface area contributed by atoms with Crippen LogP contribution >= 0.6 is 11.6 Å². The Labute approximate surface area is 222 Å². The lowest BCUT2D eigenvalue weighted by Crippen LogP contribution is -2.26. The van der Waals surface area contributed by atoms with Gasteiger partial charge in [0.15, 0.2) is 10.8 Å². The highest BCUT2D eigenvalue weighted by Crippen LogP contribution is 2.28. The Morgan fingerprint density at radius 1 is 0.838 bits per heavy atom. The van der Waals surface area contributed by atoms with Gasteiger partial charge in [-0.15, -0.1) is 0 Å². The van der Waals surface area contributed by atoms with Crippen LogP contribution in [0.15, 0.2) is 77.6 Å². The van der Waals surface area contributed by atoms with Gasteiger partial charge < -0.3 is 9.47 Å². The first-order chi connectivity index (χ1) is 17.7. The van der Waals surface area contributed by atoms with Crippen molar-refractivity contribution in [3.63, 3.8) is 0 Å². The van der Waals surface area contributed by atoms with Gasteiger partial charge in [0.1, 0.15) is 11.5 Å². The van der Waals surface area contributed by atoms with Crippen LogP contribution in [0.1, 0.15) is 43.2 Å². The molecule has 0 fully saturated rings. The molecule has 5 nitrogen and oxygen atoms in total. The van der Waals surface area contributed by atoms with Crippen LogP contribution < -0.4 is 15.0 Å². The first-order valence-electron chi connectivity index (χ1n) is 11.9. The third-order valence-electron chi connectivity index (χ3n) is 6.06. The van der Waals surface area contributed by atoms with E-state index in [2.05, 4.69) is 49.7 Å². The molecule has 0 saturated heterocycles. The molecule has 188 valence electrons. The smallest absolute Gasteiger partial charge is 0.286 e. The third kappa shape index (κ3) is 6.04. The lowest BCUT2D eigenvalue weighted by atomic mass is 9.87. The number of hydrogen-bond donors (Lipinski definition) is 0. The summed E-state index contributed by atoms with van der Waals surface area (Å²) in [5, 5.41) is 0.200. The van der Waals surface area contributed by atoms with Crippen molar-refractivity contribution in [3.8, 4) is 34.6 Å². The van der Waals surface area contributed by atoms with E-state index in [1.807, 2.05) is 60.7 Å². The molecule has 0 unspecified atom stereocenters. The first-order valence-corrected chi connectivity index (χ1v) is 12.3. The summed E-state index contributed by atoms with van der Waals surface area (Å²) in [6.07, 6.45) is 0. The molecule has 37 heavy (non-hydrogen) atoms. The Balaban J connectivity index is 1.80. The molecule has 0 aliphatic heterocycles. The average Bonchev–Trinajstić information content (AvgIpc) is 2.90. The predicted octanol–water partition coefficient (Wildman–Crippen LogP) is 6.33. The van der Waals surface area contributed by atoms with Gasteiger partial charge in [-0.3, -0.25) is 9.36 Å². The highest BCUT2D eigenvalue weighted by atomic mass is 35.5. The van der Waals surface area contributed by atoms with Crippen molar-refractivity contribution in [2.45, 2.75) is 32.7 Å². The zero-order valence-corrected chi connectivity index (χ0v) is 22.4. The lowest BCUT2D eigenvalue weighted by molar-refractivity contribution is 0.414. The van der Waals surface area contributed by atoms with Crippen LogP contribution in [0.2, 0.25) is 5.15 Å². The van der Waals surface area contributed by atoms with Crippen molar-refractivity contribution in [3.05, 3.63) is 111 Å². The van der Waals surface area contributed by atoms with Gasteiger partial charge in [0.25, 0.3) is 5.56 Å². The van der Waals surface area contributed by atoms with Gasteiger partial charge in [-0.05, 0) is 71.0 Å². The molecule has 0 N–H and O–H groups in total. The number of hydrogen-bond acceptors (Lipinski definition) is 4. The fourth-order valence-electron chi connectivity index (χ4n) is 3.89. The fourth-order valence-corrected chi connectivity index (χ4v) is 4.19. The molecule has 0 aliphatic carbocycles. The maximum absolute atomic E-state index is 13.7. The van der Waals surface area contributed by atoms with Crippen molar-refractivity contribution >= 4 is 11.6 Å². The van der Waals surface area contributed by atoms with Crippen LogP contribution in [0.5, 0.6) is 11.5 Å². The average molecular weight is 513 g/mol. The largest absolute Gasteiger partial charge is 0.497 e. The number of benzene rings is 3. The monoisotopic (exact) mass is 512 g/mol. The molecular formula is C31H29ClN2O3. The highest BCUT2D eigenvalue weighted by molar-refractivity contribution is 6.31. The number of halogens is 1. The van der Waals surface area contributed by atoms with Gasteiger partial charge in [-0.25, -0.2) is 4.98 Å². The maximum Gasteiger partial charge on any atom is 0.286 e. The second-order valence-electron chi connectivity index (χ2n) is 9.65. The molecule has 0 atom stereocenters. The van der Waals surface area contributed by atoms with E-state index in [1.165, 1.54) is 5.56 Å². The van der Waals surface area contributed by atoms with Crippen molar-refractivity contribution in [1.82, 2.24) is 9.55 Å². The van der Waals surface area contributed by atoms with Gasteiger partial charge in [-0.2, -0.15) is 0 Å². The van der Waals surface area contributed by atoms with Crippen LogP contribution in [-0.2, 0) is 12.0 Å². The van der Waals surface area contributed by atoms with E-state index >= 15 is 0 Å². The van der Waals surface area contributed by atoms with E-state index in [1.54, 1.807) is 18.8 Å². The zero-order chi connectivity index (χ0) is 26.6. The molecule has 1 aromatic heterocycles.